The highest BCUT2D eigenvalue weighted by Gasteiger charge is 2.44. The second kappa shape index (κ2) is 6.76. The topological polar surface area (TPSA) is 80.5 Å². The van der Waals surface area contributed by atoms with Crippen molar-refractivity contribution < 1.29 is 9.53 Å². The highest BCUT2D eigenvalue weighted by atomic mass is 16.5. The number of nitrogens with one attached hydrogen (secondary N) is 2. The molecule has 0 bridgehead atoms. The summed E-state index contributed by atoms with van der Waals surface area (Å²) in [6.45, 7) is 1.78. The molecule has 0 atom stereocenters. The van der Waals surface area contributed by atoms with Gasteiger partial charge in [0.1, 0.15) is 5.75 Å². The van der Waals surface area contributed by atoms with Gasteiger partial charge >= 0.3 is 0 Å². The predicted molar refractivity (Wildman–Crippen MR) is 96.8 cm³/mol. The normalized spacial score (nSPS) is 15.4. The van der Waals surface area contributed by atoms with Crippen molar-refractivity contribution in [2.24, 2.45) is 5.41 Å². The van der Waals surface area contributed by atoms with Crippen molar-refractivity contribution in [1.29, 1.82) is 0 Å². The highest BCUT2D eigenvalue weighted by molar-refractivity contribution is 5.84. The molecule has 3 heterocycles. The summed E-state index contributed by atoms with van der Waals surface area (Å²) < 4.78 is 7.22. The van der Waals surface area contributed by atoms with Crippen LogP contribution in [0.1, 0.15) is 11.3 Å². The van der Waals surface area contributed by atoms with Crippen LogP contribution in [0.5, 0.6) is 5.75 Å². The van der Waals surface area contributed by atoms with E-state index in [1.165, 1.54) is 0 Å². The first kappa shape index (κ1) is 16.5. The number of carbonyl (C=O) groups is 1. The van der Waals surface area contributed by atoms with E-state index in [-0.39, 0.29) is 5.91 Å². The summed E-state index contributed by atoms with van der Waals surface area (Å²) in [5.41, 5.74) is 2.38. The fraction of sp³-hybridized carbons (Fsp3) is 0.316. The fourth-order valence-corrected chi connectivity index (χ4v) is 3.35. The third-order valence-corrected chi connectivity index (χ3v) is 4.91. The van der Waals surface area contributed by atoms with Crippen LogP contribution in [-0.2, 0) is 17.8 Å². The largest absolute Gasteiger partial charge is 0.497 e. The molecule has 0 spiro atoms. The maximum absolute atomic E-state index is 12.9. The van der Waals surface area contributed by atoms with Gasteiger partial charge in [-0.1, -0.05) is 12.1 Å². The second-order valence-electron chi connectivity index (χ2n) is 6.65. The molecule has 3 aromatic rings. The van der Waals surface area contributed by atoms with Crippen molar-refractivity contribution in [2.75, 3.05) is 20.2 Å². The Balaban J connectivity index is 1.46. The third-order valence-electron chi connectivity index (χ3n) is 4.91. The van der Waals surface area contributed by atoms with E-state index in [0.717, 1.165) is 22.7 Å². The van der Waals surface area contributed by atoms with Crippen LogP contribution < -0.4 is 15.4 Å². The van der Waals surface area contributed by atoms with Gasteiger partial charge in [-0.3, -0.25) is 14.2 Å². The van der Waals surface area contributed by atoms with Crippen LogP contribution in [0.15, 0.2) is 49.1 Å². The lowest BCUT2D eigenvalue weighted by atomic mass is 9.75. The quantitative estimate of drug-likeness (QED) is 0.697. The lowest BCUT2D eigenvalue weighted by Crippen LogP contribution is -2.62. The molecule has 7 nitrogen and oxygen atoms in total. The second-order valence-corrected chi connectivity index (χ2v) is 6.65. The molecule has 26 heavy (non-hydrogen) atoms. The number of ether oxygens (including phenoxy) is 1. The highest BCUT2D eigenvalue weighted by Crippen LogP contribution is 2.29. The zero-order valence-corrected chi connectivity index (χ0v) is 14.6. The summed E-state index contributed by atoms with van der Waals surface area (Å²) in [7, 11) is 1.65. The predicted octanol–water partition coefficient (Wildman–Crippen LogP) is 1.19. The summed E-state index contributed by atoms with van der Waals surface area (Å²) >= 11 is 0. The van der Waals surface area contributed by atoms with E-state index in [1.54, 1.807) is 25.7 Å². The molecule has 1 saturated heterocycles. The number of rotatable bonds is 6. The van der Waals surface area contributed by atoms with Gasteiger partial charge in [-0.05, 0) is 24.1 Å². The fourth-order valence-electron chi connectivity index (χ4n) is 3.35. The van der Waals surface area contributed by atoms with Crippen LogP contribution in [0.2, 0.25) is 0 Å². The monoisotopic (exact) mass is 351 g/mol. The lowest BCUT2D eigenvalue weighted by molar-refractivity contribution is -0.134. The number of imidazole rings is 1. The maximum atomic E-state index is 12.9. The first-order valence-corrected chi connectivity index (χ1v) is 8.58. The Morgan fingerprint density at radius 3 is 3.04 bits per heavy atom. The van der Waals surface area contributed by atoms with E-state index in [2.05, 4.69) is 20.6 Å². The third kappa shape index (κ3) is 3.01. The van der Waals surface area contributed by atoms with Crippen molar-refractivity contribution in [3.63, 3.8) is 0 Å². The Hall–Kier alpha value is -2.93. The summed E-state index contributed by atoms with van der Waals surface area (Å²) in [6, 6.07) is 7.89. The molecule has 134 valence electrons. The van der Waals surface area contributed by atoms with E-state index in [9.17, 15) is 4.79 Å². The van der Waals surface area contributed by atoms with Gasteiger partial charge in [0.05, 0.1) is 37.2 Å². The summed E-state index contributed by atoms with van der Waals surface area (Å²) in [6.07, 6.45) is 7.71. The lowest BCUT2D eigenvalue weighted by Gasteiger charge is -2.41. The first-order valence-electron chi connectivity index (χ1n) is 8.58. The average Bonchev–Trinajstić information content (AvgIpc) is 3.06. The zero-order valence-electron chi connectivity index (χ0n) is 14.6. The number of aromatic nitrogens is 3. The van der Waals surface area contributed by atoms with Crippen LogP contribution in [0.25, 0.3) is 5.65 Å². The molecular formula is C19H21N5O2. The molecule has 4 rings (SSSR count). The van der Waals surface area contributed by atoms with Crippen LogP contribution in [0, 0.1) is 5.41 Å². The summed E-state index contributed by atoms with van der Waals surface area (Å²) in [4.78, 5) is 21.3. The number of amides is 1. The minimum atomic E-state index is -0.422. The Bertz CT molecular complexity index is 932. The van der Waals surface area contributed by atoms with E-state index < -0.39 is 5.41 Å². The number of carbonyl (C=O) groups excluding carboxylic acids is 1. The Morgan fingerprint density at radius 2 is 2.27 bits per heavy atom. The minimum absolute atomic E-state index is 0.0584. The molecule has 1 fully saturated rings. The first-order chi connectivity index (χ1) is 12.7. The molecule has 1 aliphatic heterocycles. The van der Waals surface area contributed by atoms with E-state index in [4.69, 9.17) is 4.74 Å². The van der Waals surface area contributed by atoms with Crippen LogP contribution in [0.4, 0.5) is 0 Å². The SMILES string of the molecule is COc1cccc(CC2(C(=O)NCc3cnc4cnccn34)CNC2)c1. The Morgan fingerprint density at radius 1 is 1.38 bits per heavy atom. The molecule has 0 unspecified atom stereocenters. The van der Waals surface area contributed by atoms with E-state index in [1.807, 2.05) is 34.9 Å². The van der Waals surface area contributed by atoms with Gasteiger partial charge in [-0.15, -0.1) is 0 Å². The van der Waals surface area contributed by atoms with Gasteiger partial charge in [0.25, 0.3) is 0 Å². The number of hydrogen-bond donors (Lipinski definition) is 2. The molecule has 2 N–H and O–H groups in total. The molecule has 1 aliphatic rings. The van der Waals surface area contributed by atoms with Crippen LogP contribution >= 0.6 is 0 Å². The summed E-state index contributed by atoms with van der Waals surface area (Å²) in [5, 5.41) is 6.31. The Kier molecular flexibility index (Phi) is 4.30. The molecule has 1 amide bonds. The number of methoxy groups -OCH3 is 1. The molecule has 0 radical (unpaired) electrons. The van der Waals surface area contributed by atoms with Crippen LogP contribution in [-0.4, -0.2) is 40.5 Å². The van der Waals surface area contributed by atoms with Gasteiger partial charge < -0.3 is 15.4 Å². The molecular weight excluding hydrogens is 330 g/mol. The number of hydrogen-bond acceptors (Lipinski definition) is 5. The Labute approximate surface area is 151 Å². The smallest absolute Gasteiger partial charge is 0.229 e. The van der Waals surface area contributed by atoms with Crippen molar-refractivity contribution in [3.8, 4) is 5.75 Å². The van der Waals surface area contributed by atoms with Crippen molar-refractivity contribution in [2.45, 2.75) is 13.0 Å². The van der Waals surface area contributed by atoms with Crippen molar-refractivity contribution in [1.82, 2.24) is 25.0 Å². The molecule has 0 aliphatic carbocycles. The minimum Gasteiger partial charge on any atom is -0.497 e. The van der Waals surface area contributed by atoms with Crippen LogP contribution in [0.3, 0.4) is 0 Å². The standard InChI is InChI=1S/C19H21N5O2/c1-26-16-4-2-3-14(7-16)8-19(12-21-13-19)18(25)23-10-15-9-22-17-11-20-5-6-24(15)17/h2-7,9,11,21H,8,10,12-13H2,1H3,(H,23,25). The van der Waals surface area contributed by atoms with Gasteiger partial charge in [0.15, 0.2) is 5.65 Å². The molecule has 7 heteroatoms. The average molecular weight is 351 g/mol. The molecule has 0 saturated carbocycles. The maximum Gasteiger partial charge on any atom is 0.229 e. The number of fused-ring (bicyclic) bond motifs is 1. The molecule has 2 aromatic heterocycles. The van der Waals surface area contributed by atoms with Gasteiger partial charge in [0.2, 0.25) is 5.91 Å². The van der Waals surface area contributed by atoms with Gasteiger partial charge in [-0.25, -0.2) is 4.98 Å². The van der Waals surface area contributed by atoms with Gasteiger partial charge in [0, 0.05) is 25.5 Å². The zero-order chi connectivity index (χ0) is 18.0. The number of benzene rings is 1. The van der Waals surface area contributed by atoms with E-state index in [0.29, 0.717) is 26.1 Å². The van der Waals surface area contributed by atoms with Gasteiger partial charge in [-0.2, -0.15) is 0 Å². The van der Waals surface area contributed by atoms with Crippen molar-refractivity contribution >= 4 is 11.6 Å². The van der Waals surface area contributed by atoms with Crippen molar-refractivity contribution in [3.05, 3.63) is 60.3 Å². The molecule has 1 aromatic carbocycles. The number of nitrogens with zero attached hydrogens (tertiary/aromatic N) is 3. The summed E-state index contributed by atoms with van der Waals surface area (Å²) in [5.74, 6) is 0.868. The van der Waals surface area contributed by atoms with E-state index >= 15 is 0 Å².